The third-order valence-corrected chi connectivity index (χ3v) is 5.07. The normalized spacial score (nSPS) is 11.8. The molecule has 0 radical (unpaired) electrons. The van der Waals surface area contributed by atoms with Crippen molar-refractivity contribution < 1.29 is 40.6 Å². The second kappa shape index (κ2) is 10.3. The van der Waals surface area contributed by atoms with Crippen molar-refractivity contribution in [1.82, 2.24) is 14.8 Å². The number of carbonyl (C=O) groups is 1. The average Bonchev–Trinajstić information content (AvgIpc) is 3.33. The van der Waals surface area contributed by atoms with Crippen LogP contribution in [-0.2, 0) is 28.7 Å². The maximum atomic E-state index is 12.6. The van der Waals surface area contributed by atoms with E-state index in [9.17, 15) is 31.1 Å². The summed E-state index contributed by atoms with van der Waals surface area (Å²) < 4.78 is 85.1. The highest BCUT2D eigenvalue weighted by atomic mass is 19.4. The molecule has 0 aliphatic carbocycles. The molecule has 6 nitrogen and oxygen atoms in total. The van der Waals surface area contributed by atoms with Gasteiger partial charge in [-0.05, 0) is 47.5 Å². The van der Waals surface area contributed by atoms with Gasteiger partial charge in [-0.2, -0.15) is 13.2 Å². The number of hydrogen-bond donors (Lipinski definition) is 0. The second-order valence-corrected chi connectivity index (χ2v) is 7.78. The highest BCUT2D eigenvalue weighted by Crippen LogP contribution is 2.29. The van der Waals surface area contributed by atoms with Crippen LogP contribution in [0.4, 0.5) is 26.3 Å². The zero-order chi connectivity index (χ0) is 26.6. The Labute approximate surface area is 206 Å². The maximum Gasteiger partial charge on any atom is 0.573 e. The van der Waals surface area contributed by atoms with Crippen molar-refractivity contribution >= 4 is 5.97 Å². The largest absolute Gasteiger partial charge is 0.573 e. The number of rotatable bonds is 7. The summed E-state index contributed by atoms with van der Waals surface area (Å²) in [7, 11) is 0. The fourth-order valence-electron chi connectivity index (χ4n) is 3.26. The van der Waals surface area contributed by atoms with Crippen LogP contribution in [0.1, 0.15) is 16.7 Å². The molecule has 0 aliphatic rings. The van der Waals surface area contributed by atoms with E-state index in [1.165, 1.54) is 35.3 Å². The van der Waals surface area contributed by atoms with E-state index in [1.54, 1.807) is 24.3 Å². The first kappa shape index (κ1) is 25.7. The Morgan fingerprint density at radius 3 is 2.03 bits per heavy atom. The molecule has 1 heterocycles. The predicted octanol–water partition coefficient (Wildman–Crippen LogP) is 6.14. The minimum absolute atomic E-state index is 0.0465. The molecular formula is C25H17F6N3O3. The number of ether oxygens (including phenoxy) is 2. The number of carbonyl (C=O) groups excluding carboxylic acids is 1. The molecular weight excluding hydrogens is 504 g/mol. The monoisotopic (exact) mass is 521 g/mol. The molecule has 4 rings (SSSR count). The molecule has 0 amide bonds. The molecule has 1 aromatic heterocycles. The third-order valence-electron chi connectivity index (χ3n) is 5.07. The van der Waals surface area contributed by atoms with Crippen LogP contribution in [0.25, 0.3) is 17.1 Å². The van der Waals surface area contributed by atoms with Gasteiger partial charge in [0, 0.05) is 5.56 Å². The first-order valence-corrected chi connectivity index (χ1v) is 10.7. The van der Waals surface area contributed by atoms with Gasteiger partial charge in [-0.25, -0.2) is 9.67 Å². The molecule has 0 unspecified atom stereocenters. The van der Waals surface area contributed by atoms with Gasteiger partial charge in [-0.1, -0.05) is 36.4 Å². The first-order chi connectivity index (χ1) is 17.5. The molecule has 0 bridgehead atoms. The van der Waals surface area contributed by atoms with Gasteiger partial charge in [0.2, 0.25) is 0 Å². The van der Waals surface area contributed by atoms with Crippen molar-refractivity contribution in [2.24, 2.45) is 0 Å². The summed E-state index contributed by atoms with van der Waals surface area (Å²) in [6.45, 7) is -0.153. The molecule has 12 heteroatoms. The quantitative estimate of drug-likeness (QED) is 0.216. The van der Waals surface area contributed by atoms with E-state index in [2.05, 4.69) is 14.8 Å². The van der Waals surface area contributed by atoms with Gasteiger partial charge >= 0.3 is 18.5 Å². The van der Waals surface area contributed by atoms with Gasteiger partial charge < -0.3 is 9.47 Å². The van der Waals surface area contributed by atoms with Crippen LogP contribution in [-0.4, -0.2) is 27.1 Å². The fraction of sp³-hybridized carbons (Fsp3) is 0.160. The third kappa shape index (κ3) is 7.09. The smallest absolute Gasteiger partial charge is 0.461 e. The Bertz CT molecular complexity index is 1350. The summed E-state index contributed by atoms with van der Waals surface area (Å²) in [6.07, 6.45) is -7.86. The molecule has 0 N–H and O–H groups in total. The van der Waals surface area contributed by atoms with Gasteiger partial charge in [0.15, 0.2) is 5.82 Å². The van der Waals surface area contributed by atoms with Crippen LogP contribution in [0.5, 0.6) is 5.75 Å². The Hall–Kier alpha value is -4.35. The first-order valence-electron chi connectivity index (χ1n) is 10.7. The molecule has 0 saturated heterocycles. The molecule has 0 saturated carbocycles. The lowest BCUT2D eigenvalue weighted by atomic mass is 10.1. The molecule has 0 fully saturated rings. The van der Waals surface area contributed by atoms with Crippen molar-refractivity contribution in [2.75, 3.05) is 0 Å². The minimum Gasteiger partial charge on any atom is -0.461 e. The zero-order valence-corrected chi connectivity index (χ0v) is 18.8. The fourth-order valence-corrected chi connectivity index (χ4v) is 3.26. The van der Waals surface area contributed by atoms with Crippen molar-refractivity contribution in [1.29, 1.82) is 0 Å². The van der Waals surface area contributed by atoms with Crippen molar-refractivity contribution in [2.45, 2.75) is 25.6 Å². The summed E-state index contributed by atoms with van der Waals surface area (Å²) in [5.74, 6) is -0.551. The van der Waals surface area contributed by atoms with Gasteiger partial charge in [0.1, 0.15) is 18.7 Å². The van der Waals surface area contributed by atoms with Gasteiger partial charge in [-0.15, -0.1) is 18.3 Å². The van der Waals surface area contributed by atoms with E-state index >= 15 is 0 Å². The summed E-state index contributed by atoms with van der Waals surface area (Å²) in [5.41, 5.74) is 1.40. The number of hydrogen-bond acceptors (Lipinski definition) is 5. The van der Waals surface area contributed by atoms with E-state index in [0.717, 1.165) is 24.3 Å². The molecule has 37 heavy (non-hydrogen) atoms. The van der Waals surface area contributed by atoms with E-state index in [0.29, 0.717) is 28.2 Å². The molecule has 0 spiro atoms. The number of benzene rings is 3. The van der Waals surface area contributed by atoms with Crippen molar-refractivity contribution in [3.63, 3.8) is 0 Å². The molecule has 192 valence electrons. The lowest BCUT2D eigenvalue weighted by molar-refractivity contribution is -0.274. The SMILES string of the molecule is O=C(Cc1ccc(-c2ncn(-c3ccc(OC(F)(F)F)cc3)n2)cc1)OCc1ccc(C(F)(F)F)cc1. The zero-order valence-electron chi connectivity index (χ0n) is 18.8. The molecule has 4 aromatic rings. The van der Waals surface area contributed by atoms with Crippen LogP contribution in [0.15, 0.2) is 79.1 Å². The summed E-state index contributed by atoms with van der Waals surface area (Å²) in [5, 5.41) is 4.31. The van der Waals surface area contributed by atoms with E-state index < -0.39 is 24.1 Å². The molecule has 3 aromatic carbocycles. The number of esters is 1. The van der Waals surface area contributed by atoms with E-state index in [1.807, 2.05) is 0 Å². The lowest BCUT2D eigenvalue weighted by Gasteiger charge is -2.09. The van der Waals surface area contributed by atoms with Crippen LogP contribution in [0, 0.1) is 0 Å². The van der Waals surface area contributed by atoms with Gasteiger partial charge in [-0.3, -0.25) is 4.79 Å². The lowest BCUT2D eigenvalue weighted by Crippen LogP contribution is -2.17. The highest BCUT2D eigenvalue weighted by molar-refractivity contribution is 5.73. The second-order valence-electron chi connectivity index (χ2n) is 7.78. The Morgan fingerprint density at radius 1 is 0.811 bits per heavy atom. The standard InChI is InChI=1S/C25H17F6N3O3/c26-24(27,28)19-7-3-17(4-8-19)14-36-22(35)13-16-1-5-18(6-2-16)23-32-15-34(33-23)20-9-11-21(12-10-20)37-25(29,30)31/h1-12,15H,13-14H2. The Kier molecular flexibility index (Phi) is 7.18. The molecule has 0 atom stereocenters. The van der Waals surface area contributed by atoms with Crippen LogP contribution in [0.2, 0.25) is 0 Å². The summed E-state index contributed by atoms with van der Waals surface area (Å²) in [6, 6.07) is 16.2. The van der Waals surface area contributed by atoms with Gasteiger partial charge in [0.05, 0.1) is 17.7 Å². The number of halogens is 6. The van der Waals surface area contributed by atoms with Crippen molar-refractivity contribution in [3.05, 3.63) is 95.8 Å². The van der Waals surface area contributed by atoms with Crippen LogP contribution in [0.3, 0.4) is 0 Å². The van der Waals surface area contributed by atoms with E-state index in [4.69, 9.17) is 4.74 Å². The Morgan fingerprint density at radius 2 is 1.43 bits per heavy atom. The number of nitrogens with zero attached hydrogens (tertiary/aromatic N) is 3. The van der Waals surface area contributed by atoms with Crippen molar-refractivity contribution in [3.8, 4) is 22.8 Å². The van der Waals surface area contributed by atoms with Crippen LogP contribution < -0.4 is 4.74 Å². The highest BCUT2D eigenvalue weighted by Gasteiger charge is 2.31. The molecule has 0 aliphatic heterocycles. The summed E-state index contributed by atoms with van der Waals surface area (Å²) >= 11 is 0. The van der Waals surface area contributed by atoms with Gasteiger partial charge in [0.25, 0.3) is 0 Å². The van der Waals surface area contributed by atoms with E-state index in [-0.39, 0.29) is 18.8 Å². The predicted molar refractivity (Wildman–Crippen MR) is 118 cm³/mol. The average molecular weight is 521 g/mol. The maximum absolute atomic E-state index is 12.6. The Balaban J connectivity index is 1.32. The number of aromatic nitrogens is 3. The number of alkyl halides is 6. The minimum atomic E-state index is -4.78. The van der Waals surface area contributed by atoms with Crippen LogP contribution >= 0.6 is 0 Å². The topological polar surface area (TPSA) is 66.2 Å². The summed E-state index contributed by atoms with van der Waals surface area (Å²) in [4.78, 5) is 16.3.